The molecule has 0 unspecified atom stereocenters. The van der Waals surface area contributed by atoms with E-state index >= 15 is 0 Å². The highest BCUT2D eigenvalue weighted by Gasteiger charge is 2.26. The Hall–Kier alpha value is -4.56. The van der Waals surface area contributed by atoms with Gasteiger partial charge in [0.15, 0.2) is 11.6 Å². The Bertz CT molecular complexity index is 1260. The second kappa shape index (κ2) is 15.8. The summed E-state index contributed by atoms with van der Waals surface area (Å²) < 4.78 is 11.7. The third-order valence-corrected chi connectivity index (χ3v) is 7.36. The number of carbonyl (C=O) groups excluding carboxylic acids is 1. The number of aromatic amines is 1. The Kier molecular flexibility index (Phi) is 11.8. The molecule has 1 amide bonds. The summed E-state index contributed by atoms with van der Waals surface area (Å²) in [5.41, 5.74) is 1.17. The molecule has 2 saturated heterocycles. The molecule has 0 spiro atoms. The summed E-state index contributed by atoms with van der Waals surface area (Å²) in [5.74, 6) is 5.04. The van der Waals surface area contributed by atoms with E-state index in [0.29, 0.717) is 60.6 Å². The van der Waals surface area contributed by atoms with Crippen LogP contribution < -0.4 is 20.4 Å². The highest BCUT2D eigenvalue weighted by molar-refractivity contribution is 7.85. The lowest BCUT2D eigenvalue weighted by molar-refractivity contribution is -0.105. The number of nitrogens with one attached hydrogen (secondary N) is 3. The standard InChI is InChI=1S/C17H24N8OS.C5H5N3O.2C2H2/c26-27-9-7-25(8-10-27)17-20-15(19-16(21-17)24-5-1-2-6-24)18-14-11-13(22-23-14)12-3-4-12;9-4-8-5-3-6-1-2-7-5;2*1-2/h11-12H,1-10H2,(H2,18,19,20,21,22,23);1-4H,(H,7,8,9);2*1-2H. The predicted molar refractivity (Wildman–Crippen MR) is 157 cm³/mol. The monoisotopic (exact) mass is 563 g/mol. The first-order valence-corrected chi connectivity index (χ1v) is 14.2. The molecule has 3 N–H and O–H groups in total. The lowest BCUT2D eigenvalue weighted by Crippen LogP contribution is -2.39. The van der Waals surface area contributed by atoms with Crippen molar-refractivity contribution in [3.05, 3.63) is 30.4 Å². The van der Waals surface area contributed by atoms with Crippen LogP contribution in [-0.2, 0) is 15.6 Å². The fourth-order valence-electron chi connectivity index (χ4n) is 4.00. The molecule has 5 heterocycles. The number of anilines is 5. The van der Waals surface area contributed by atoms with Gasteiger partial charge in [-0.25, -0.2) is 4.98 Å². The number of aromatic nitrogens is 7. The molecular weight excluding hydrogens is 530 g/mol. The lowest BCUT2D eigenvalue weighted by atomic mass is 10.3. The largest absolute Gasteiger partial charge is 0.341 e. The Morgan fingerprint density at radius 3 is 2.15 bits per heavy atom. The molecule has 3 aromatic rings. The summed E-state index contributed by atoms with van der Waals surface area (Å²) in [6.07, 6.45) is 25.9. The van der Waals surface area contributed by atoms with Crippen LogP contribution >= 0.6 is 0 Å². The van der Waals surface area contributed by atoms with Crippen molar-refractivity contribution >= 4 is 46.7 Å². The molecule has 3 fully saturated rings. The summed E-state index contributed by atoms with van der Waals surface area (Å²) >= 11 is 0. The zero-order valence-corrected chi connectivity index (χ0v) is 23.0. The van der Waals surface area contributed by atoms with Crippen LogP contribution in [0.4, 0.5) is 29.5 Å². The second-order valence-electron chi connectivity index (χ2n) is 8.75. The van der Waals surface area contributed by atoms with Crippen LogP contribution in [0.3, 0.4) is 0 Å². The Morgan fingerprint density at radius 2 is 1.57 bits per heavy atom. The van der Waals surface area contributed by atoms with Gasteiger partial charge in [-0.2, -0.15) is 20.1 Å². The van der Waals surface area contributed by atoms with Crippen molar-refractivity contribution in [1.29, 1.82) is 0 Å². The molecule has 1 aliphatic carbocycles. The van der Waals surface area contributed by atoms with Gasteiger partial charge in [0.05, 0.1) is 6.20 Å². The van der Waals surface area contributed by atoms with E-state index in [9.17, 15) is 9.00 Å². The highest BCUT2D eigenvalue weighted by atomic mass is 32.2. The average molecular weight is 564 g/mol. The molecule has 40 heavy (non-hydrogen) atoms. The maximum absolute atomic E-state index is 11.7. The molecule has 0 radical (unpaired) electrons. The van der Waals surface area contributed by atoms with E-state index in [1.807, 2.05) is 6.07 Å². The molecule has 0 bridgehead atoms. The Morgan fingerprint density at radius 1 is 0.925 bits per heavy atom. The molecule has 210 valence electrons. The van der Waals surface area contributed by atoms with Crippen LogP contribution in [0.25, 0.3) is 0 Å². The SMILES string of the molecule is C#C.C#C.O=CNc1cnccn1.O=S1CCN(c2nc(Nc3cc(C4CC4)[nH]n3)nc(N3CCCC3)n2)CC1. The van der Waals surface area contributed by atoms with Gasteiger partial charge in [-0.05, 0) is 25.7 Å². The first kappa shape index (κ1) is 30.0. The number of amides is 1. The molecular formula is C26H33N11O2S. The van der Waals surface area contributed by atoms with Crippen LogP contribution in [0.1, 0.15) is 37.3 Å². The fourth-order valence-corrected chi connectivity index (χ4v) is 5.05. The normalized spacial score (nSPS) is 16.2. The van der Waals surface area contributed by atoms with E-state index in [4.69, 9.17) is 4.98 Å². The third kappa shape index (κ3) is 8.74. The van der Waals surface area contributed by atoms with Gasteiger partial charge in [-0.1, -0.05) is 0 Å². The highest BCUT2D eigenvalue weighted by Crippen LogP contribution is 2.39. The molecule has 0 atom stereocenters. The number of carbonyl (C=O) groups is 1. The molecule has 2 aliphatic heterocycles. The average Bonchev–Trinajstić information content (AvgIpc) is 3.49. The van der Waals surface area contributed by atoms with Gasteiger partial charge in [0.25, 0.3) is 0 Å². The van der Waals surface area contributed by atoms with E-state index in [0.717, 1.165) is 31.7 Å². The van der Waals surface area contributed by atoms with Crippen molar-refractivity contribution < 1.29 is 9.00 Å². The summed E-state index contributed by atoms with van der Waals surface area (Å²) in [5, 5.41) is 13.0. The van der Waals surface area contributed by atoms with Gasteiger partial charge in [0, 0.05) is 78.6 Å². The van der Waals surface area contributed by atoms with Crippen molar-refractivity contribution in [2.45, 2.75) is 31.6 Å². The smallest absolute Gasteiger partial charge is 0.235 e. The van der Waals surface area contributed by atoms with Crippen LogP contribution in [0.5, 0.6) is 0 Å². The fraction of sp³-hybridized carbons (Fsp3) is 0.423. The molecule has 3 aromatic heterocycles. The predicted octanol–water partition coefficient (Wildman–Crippen LogP) is 1.93. The number of hydrogen-bond donors (Lipinski definition) is 3. The minimum absolute atomic E-state index is 0.465. The van der Waals surface area contributed by atoms with Crippen LogP contribution in [-0.4, -0.2) is 83.4 Å². The molecule has 3 aliphatic rings. The molecule has 14 heteroatoms. The maximum atomic E-state index is 11.7. The minimum atomic E-state index is -0.728. The van der Waals surface area contributed by atoms with Gasteiger partial charge < -0.3 is 20.4 Å². The zero-order valence-electron chi connectivity index (χ0n) is 22.1. The first-order valence-electron chi connectivity index (χ1n) is 12.7. The van der Waals surface area contributed by atoms with Crippen molar-refractivity contribution in [3.63, 3.8) is 0 Å². The summed E-state index contributed by atoms with van der Waals surface area (Å²) in [6.45, 7) is 3.37. The van der Waals surface area contributed by atoms with E-state index in [1.165, 1.54) is 37.1 Å². The van der Waals surface area contributed by atoms with Crippen molar-refractivity contribution in [2.75, 3.05) is 58.1 Å². The summed E-state index contributed by atoms with van der Waals surface area (Å²) in [4.78, 5) is 35.6. The summed E-state index contributed by atoms with van der Waals surface area (Å²) in [6, 6.07) is 2.04. The Balaban J connectivity index is 0.000000286. The number of rotatable bonds is 7. The third-order valence-electron chi connectivity index (χ3n) is 6.09. The van der Waals surface area contributed by atoms with Crippen LogP contribution in [0.15, 0.2) is 24.7 Å². The molecule has 6 rings (SSSR count). The number of terminal acetylenes is 2. The van der Waals surface area contributed by atoms with E-state index in [2.05, 4.69) is 76.3 Å². The zero-order chi connectivity index (χ0) is 28.7. The second-order valence-corrected chi connectivity index (χ2v) is 10.4. The molecule has 1 saturated carbocycles. The van der Waals surface area contributed by atoms with Crippen molar-refractivity contribution in [1.82, 2.24) is 35.1 Å². The molecule has 0 aromatic carbocycles. The quantitative estimate of drug-likeness (QED) is 0.285. The minimum Gasteiger partial charge on any atom is -0.341 e. The number of H-pyrrole nitrogens is 1. The maximum Gasteiger partial charge on any atom is 0.235 e. The van der Waals surface area contributed by atoms with E-state index in [1.54, 1.807) is 0 Å². The Labute approximate surface area is 236 Å². The van der Waals surface area contributed by atoms with Gasteiger partial charge in [0.2, 0.25) is 24.3 Å². The van der Waals surface area contributed by atoms with Crippen molar-refractivity contribution in [2.24, 2.45) is 0 Å². The van der Waals surface area contributed by atoms with E-state index in [-0.39, 0.29) is 0 Å². The topological polar surface area (TPSA) is 158 Å². The van der Waals surface area contributed by atoms with Crippen LogP contribution in [0.2, 0.25) is 0 Å². The molecule has 13 nitrogen and oxygen atoms in total. The number of hydrogen-bond acceptors (Lipinski definition) is 11. The first-order chi connectivity index (χ1) is 19.7. The van der Waals surface area contributed by atoms with Gasteiger partial charge in [-0.15, -0.1) is 25.7 Å². The summed E-state index contributed by atoms with van der Waals surface area (Å²) in [7, 11) is -0.728. The lowest BCUT2D eigenvalue weighted by Gasteiger charge is -2.27. The van der Waals surface area contributed by atoms with Crippen LogP contribution in [0, 0.1) is 25.7 Å². The van der Waals surface area contributed by atoms with Gasteiger partial charge in [-0.3, -0.25) is 19.1 Å². The van der Waals surface area contributed by atoms with Gasteiger partial charge >= 0.3 is 0 Å². The van der Waals surface area contributed by atoms with Crippen molar-refractivity contribution in [3.8, 4) is 25.7 Å². The van der Waals surface area contributed by atoms with Gasteiger partial charge in [0.1, 0.15) is 0 Å². The van der Waals surface area contributed by atoms with E-state index < -0.39 is 10.8 Å². The number of nitrogens with zero attached hydrogens (tertiary/aromatic N) is 8.